The van der Waals surface area contributed by atoms with E-state index in [9.17, 15) is 8.42 Å². The van der Waals surface area contributed by atoms with E-state index >= 15 is 0 Å². The maximum atomic E-state index is 11.4. The lowest BCUT2D eigenvalue weighted by atomic mass is 10.0. The highest BCUT2D eigenvalue weighted by Crippen LogP contribution is 2.33. The van der Waals surface area contributed by atoms with Crippen LogP contribution in [0.1, 0.15) is 37.3 Å². The maximum absolute atomic E-state index is 11.4. The van der Waals surface area contributed by atoms with Crippen molar-refractivity contribution in [2.24, 2.45) is 11.1 Å². The van der Waals surface area contributed by atoms with E-state index in [-0.39, 0.29) is 0 Å². The molecule has 1 saturated heterocycles. The van der Waals surface area contributed by atoms with Gasteiger partial charge in [-0.2, -0.15) is 0 Å². The number of primary sulfonamides is 1. The van der Waals surface area contributed by atoms with E-state index in [4.69, 9.17) is 9.88 Å². The van der Waals surface area contributed by atoms with Crippen LogP contribution in [0.25, 0.3) is 0 Å². The second-order valence-corrected chi connectivity index (χ2v) is 8.93. The van der Waals surface area contributed by atoms with E-state index in [2.05, 4.69) is 17.4 Å². The second kappa shape index (κ2) is 6.79. The average Bonchev–Trinajstić information content (AvgIpc) is 3.12. The maximum Gasteiger partial charge on any atom is 0.211 e. The minimum Gasteiger partial charge on any atom is -0.492 e. The number of rotatable bonds is 6. The van der Waals surface area contributed by atoms with Crippen LogP contribution >= 0.6 is 0 Å². The zero-order valence-corrected chi connectivity index (χ0v) is 14.4. The molecule has 0 spiro atoms. The lowest BCUT2D eigenvalue weighted by Crippen LogP contribution is -2.28. The summed E-state index contributed by atoms with van der Waals surface area (Å²) in [4.78, 5) is 0. The number of sulfonamides is 1. The van der Waals surface area contributed by atoms with E-state index in [0.717, 1.165) is 25.1 Å². The van der Waals surface area contributed by atoms with Crippen LogP contribution in [0.5, 0.6) is 5.75 Å². The van der Waals surface area contributed by atoms with Gasteiger partial charge in [-0.1, -0.05) is 6.07 Å². The number of nitrogens with one attached hydrogen (secondary N) is 1. The Balaban J connectivity index is 1.57. The molecule has 0 aromatic heterocycles. The third-order valence-corrected chi connectivity index (χ3v) is 6.35. The summed E-state index contributed by atoms with van der Waals surface area (Å²) in [6, 6.07) is 6.73. The summed E-state index contributed by atoms with van der Waals surface area (Å²) in [6.45, 7) is 3.49. The molecule has 0 bridgehead atoms. The predicted octanol–water partition coefficient (Wildman–Crippen LogP) is 1.60. The SMILES string of the molecule is CC(C[C@H]1Cc2ccc(OC[C@@H]3CCCN3)cc2C1)S(N)(=O)=O. The molecule has 23 heavy (non-hydrogen) atoms. The summed E-state index contributed by atoms with van der Waals surface area (Å²) in [5, 5.41) is 8.18. The smallest absolute Gasteiger partial charge is 0.211 e. The van der Waals surface area contributed by atoms with Gasteiger partial charge in [-0.15, -0.1) is 0 Å². The Morgan fingerprint density at radius 1 is 1.35 bits per heavy atom. The molecule has 128 valence electrons. The Kier molecular flexibility index (Phi) is 4.94. The van der Waals surface area contributed by atoms with Crippen LogP contribution in [-0.4, -0.2) is 32.9 Å². The van der Waals surface area contributed by atoms with E-state index in [0.29, 0.717) is 25.0 Å². The van der Waals surface area contributed by atoms with Crippen molar-refractivity contribution in [1.29, 1.82) is 0 Å². The number of nitrogens with two attached hydrogens (primary N) is 1. The molecule has 1 aromatic rings. The van der Waals surface area contributed by atoms with Gasteiger partial charge < -0.3 is 10.1 Å². The predicted molar refractivity (Wildman–Crippen MR) is 91.0 cm³/mol. The number of benzene rings is 1. The fourth-order valence-electron chi connectivity index (χ4n) is 3.64. The van der Waals surface area contributed by atoms with Gasteiger partial charge in [-0.3, -0.25) is 0 Å². The largest absolute Gasteiger partial charge is 0.492 e. The lowest BCUT2D eigenvalue weighted by Gasteiger charge is -2.14. The van der Waals surface area contributed by atoms with Gasteiger partial charge in [0.1, 0.15) is 12.4 Å². The van der Waals surface area contributed by atoms with Crippen LogP contribution in [0.4, 0.5) is 0 Å². The van der Waals surface area contributed by atoms with E-state index < -0.39 is 15.3 Å². The highest BCUT2D eigenvalue weighted by Gasteiger charge is 2.27. The van der Waals surface area contributed by atoms with Crippen molar-refractivity contribution in [3.05, 3.63) is 29.3 Å². The van der Waals surface area contributed by atoms with Gasteiger partial charge in [0.15, 0.2) is 0 Å². The molecule has 3 N–H and O–H groups in total. The number of ether oxygens (including phenoxy) is 1. The Morgan fingerprint density at radius 3 is 2.83 bits per heavy atom. The first-order valence-electron chi connectivity index (χ1n) is 8.41. The number of hydrogen-bond acceptors (Lipinski definition) is 4. The molecular formula is C17H26N2O3S. The molecular weight excluding hydrogens is 312 g/mol. The van der Waals surface area contributed by atoms with E-state index in [1.54, 1.807) is 6.92 Å². The summed E-state index contributed by atoms with van der Waals surface area (Å²) < 4.78 is 28.7. The number of fused-ring (bicyclic) bond motifs is 1. The Labute approximate surface area is 138 Å². The van der Waals surface area contributed by atoms with Crippen molar-refractivity contribution >= 4 is 10.0 Å². The van der Waals surface area contributed by atoms with E-state index in [1.165, 1.54) is 24.0 Å². The molecule has 3 atom stereocenters. The molecule has 0 saturated carbocycles. The van der Waals surface area contributed by atoms with Crippen LogP contribution < -0.4 is 15.2 Å². The van der Waals surface area contributed by atoms with E-state index in [1.807, 2.05) is 6.07 Å². The van der Waals surface area contributed by atoms with Gasteiger partial charge >= 0.3 is 0 Å². The van der Waals surface area contributed by atoms with Gasteiger partial charge in [0.05, 0.1) is 5.25 Å². The van der Waals surface area contributed by atoms with Crippen molar-refractivity contribution in [2.75, 3.05) is 13.2 Å². The zero-order chi connectivity index (χ0) is 16.4. The van der Waals surface area contributed by atoms with Gasteiger partial charge in [0.25, 0.3) is 0 Å². The fraction of sp³-hybridized carbons (Fsp3) is 0.647. The van der Waals surface area contributed by atoms with Crippen LogP contribution in [-0.2, 0) is 22.9 Å². The summed E-state index contributed by atoms with van der Waals surface area (Å²) in [5.41, 5.74) is 2.59. The summed E-state index contributed by atoms with van der Waals surface area (Å²) >= 11 is 0. The fourth-order valence-corrected chi connectivity index (χ4v) is 4.18. The molecule has 0 radical (unpaired) electrons. The van der Waals surface area contributed by atoms with Crippen LogP contribution in [0.2, 0.25) is 0 Å². The standard InChI is InChI=1S/C17H26N2O3S/c1-12(23(18,20)21)7-13-8-14-4-5-17(10-15(14)9-13)22-11-16-3-2-6-19-16/h4-5,10,12-13,16,19H,2-3,6-9,11H2,1H3,(H2,18,20,21)/t12?,13-,16-/m0/s1. The minimum absolute atomic E-state index is 0.352. The molecule has 1 fully saturated rings. The molecule has 1 aromatic carbocycles. The average molecular weight is 338 g/mol. The first-order chi connectivity index (χ1) is 10.9. The van der Waals surface area contributed by atoms with Crippen molar-refractivity contribution in [3.8, 4) is 5.75 Å². The van der Waals surface area contributed by atoms with Gasteiger partial charge in [0.2, 0.25) is 10.0 Å². The highest BCUT2D eigenvalue weighted by atomic mass is 32.2. The summed E-state index contributed by atoms with van der Waals surface area (Å²) in [5.74, 6) is 1.27. The quantitative estimate of drug-likeness (QED) is 0.825. The normalized spacial score (nSPS) is 25.3. The van der Waals surface area contributed by atoms with Crippen LogP contribution in [0.3, 0.4) is 0 Å². The first-order valence-corrected chi connectivity index (χ1v) is 10.0. The monoisotopic (exact) mass is 338 g/mol. The van der Waals surface area contributed by atoms with Crippen molar-refractivity contribution in [1.82, 2.24) is 5.32 Å². The van der Waals surface area contributed by atoms with Crippen LogP contribution in [0, 0.1) is 5.92 Å². The summed E-state index contributed by atoms with van der Waals surface area (Å²) in [6.07, 6.45) is 4.87. The van der Waals surface area contributed by atoms with Gasteiger partial charge in [-0.25, -0.2) is 13.6 Å². The number of hydrogen-bond donors (Lipinski definition) is 2. The first kappa shape index (κ1) is 16.7. The molecule has 1 unspecified atom stereocenters. The van der Waals surface area contributed by atoms with Crippen LogP contribution in [0.15, 0.2) is 18.2 Å². The molecule has 5 nitrogen and oxygen atoms in total. The van der Waals surface area contributed by atoms with Gasteiger partial charge in [-0.05, 0) is 74.8 Å². The minimum atomic E-state index is -3.44. The third-order valence-electron chi connectivity index (χ3n) is 5.03. The lowest BCUT2D eigenvalue weighted by molar-refractivity contribution is 0.277. The molecule has 2 aliphatic rings. The Morgan fingerprint density at radius 2 is 2.13 bits per heavy atom. The molecule has 6 heteroatoms. The molecule has 0 amide bonds. The van der Waals surface area contributed by atoms with Crippen molar-refractivity contribution < 1.29 is 13.2 Å². The Hall–Kier alpha value is -1.11. The summed E-state index contributed by atoms with van der Waals surface area (Å²) in [7, 11) is -3.44. The zero-order valence-electron chi connectivity index (χ0n) is 13.6. The highest BCUT2D eigenvalue weighted by molar-refractivity contribution is 7.89. The van der Waals surface area contributed by atoms with Crippen molar-refractivity contribution in [2.45, 2.75) is 50.3 Å². The topological polar surface area (TPSA) is 81.4 Å². The molecule has 3 rings (SSSR count). The third kappa shape index (κ3) is 4.25. The molecule has 1 heterocycles. The molecule has 1 aliphatic carbocycles. The Bertz CT molecular complexity index is 654. The molecule has 1 aliphatic heterocycles. The second-order valence-electron chi connectivity index (χ2n) is 6.94. The van der Waals surface area contributed by atoms with Crippen molar-refractivity contribution in [3.63, 3.8) is 0 Å². The van der Waals surface area contributed by atoms with Gasteiger partial charge in [0, 0.05) is 6.04 Å².